The molecule has 0 saturated heterocycles. The van der Waals surface area contributed by atoms with Gasteiger partial charge in [-0.05, 0) is 73.0 Å². The summed E-state index contributed by atoms with van der Waals surface area (Å²) >= 11 is 1.52. The summed E-state index contributed by atoms with van der Waals surface area (Å²) in [6.45, 7) is 3.81. The minimum Gasteiger partial charge on any atom is -0.507 e. The lowest BCUT2D eigenvalue weighted by Gasteiger charge is -2.16. The Labute approximate surface area is 211 Å². The van der Waals surface area contributed by atoms with Crippen LogP contribution in [0.2, 0.25) is 0 Å². The van der Waals surface area contributed by atoms with Crippen LogP contribution in [0.3, 0.4) is 0 Å². The highest BCUT2D eigenvalue weighted by Gasteiger charge is 2.31. The molecule has 0 bridgehead atoms. The summed E-state index contributed by atoms with van der Waals surface area (Å²) in [7, 11) is -3.64. The lowest BCUT2D eigenvalue weighted by atomic mass is 10.1. The normalized spacial score (nSPS) is 12.7. The van der Waals surface area contributed by atoms with Crippen LogP contribution in [0.25, 0.3) is 0 Å². The number of rotatable bonds is 8. The predicted octanol–water partition coefficient (Wildman–Crippen LogP) is 6.04. The van der Waals surface area contributed by atoms with Crippen molar-refractivity contribution in [2.24, 2.45) is 0 Å². The molecule has 36 heavy (non-hydrogen) atoms. The largest absolute Gasteiger partial charge is 0.573 e. The van der Waals surface area contributed by atoms with Crippen molar-refractivity contribution in [3.63, 3.8) is 0 Å². The van der Waals surface area contributed by atoms with Crippen LogP contribution in [-0.2, 0) is 21.1 Å². The Kier molecular flexibility index (Phi) is 8.25. The Hall–Kier alpha value is -3.18. The van der Waals surface area contributed by atoms with Crippen molar-refractivity contribution in [3.05, 3.63) is 77.4 Å². The summed E-state index contributed by atoms with van der Waals surface area (Å²) in [6.07, 6.45) is -3.84. The zero-order valence-corrected chi connectivity index (χ0v) is 21.2. The van der Waals surface area contributed by atoms with Gasteiger partial charge in [0, 0.05) is 22.1 Å². The zero-order valence-electron chi connectivity index (χ0n) is 19.6. The van der Waals surface area contributed by atoms with E-state index >= 15 is 0 Å². The van der Waals surface area contributed by atoms with Crippen LogP contribution in [0, 0.1) is 6.92 Å². The highest BCUT2D eigenvalue weighted by atomic mass is 32.2. The number of sulfone groups is 1. The predicted molar refractivity (Wildman–Crippen MR) is 132 cm³/mol. The second-order valence-electron chi connectivity index (χ2n) is 8.16. The van der Waals surface area contributed by atoms with Crippen LogP contribution in [-0.4, -0.2) is 32.0 Å². The van der Waals surface area contributed by atoms with Gasteiger partial charge >= 0.3 is 6.36 Å². The first-order valence-corrected chi connectivity index (χ1v) is 13.4. The Balaban J connectivity index is 1.63. The van der Waals surface area contributed by atoms with Gasteiger partial charge in [-0.2, -0.15) is 0 Å². The first-order chi connectivity index (χ1) is 16.7. The molecule has 3 aromatic carbocycles. The molecule has 0 spiro atoms. The third-order valence-corrected chi connectivity index (χ3v) is 7.60. The van der Waals surface area contributed by atoms with Gasteiger partial charge in [0.2, 0.25) is 5.91 Å². The molecular weight excluding hydrogens is 515 g/mol. The molecule has 0 aliphatic heterocycles. The smallest absolute Gasteiger partial charge is 0.507 e. The molecule has 0 fully saturated rings. The number of carbonyl (C=O) groups excluding carboxylic acids is 1. The molecule has 0 heterocycles. The van der Waals surface area contributed by atoms with Crippen LogP contribution in [0.4, 0.5) is 18.9 Å². The Bertz CT molecular complexity index is 1360. The standard InChI is InChI=1S/C25H24F3NO5S2/c1-15-12-19(29-24(31)14-17-4-10-21(30)23(13-17)36(3,32)33)7-11-22(15)35-16(2)18-5-8-20(9-6-18)34-25(26,27)28/h4-13,16,30H,14H2,1-3H3,(H,29,31). The van der Waals surface area contributed by atoms with E-state index < -0.39 is 16.2 Å². The van der Waals surface area contributed by atoms with E-state index in [4.69, 9.17) is 0 Å². The number of alkyl halides is 3. The van der Waals surface area contributed by atoms with Crippen molar-refractivity contribution < 1.29 is 36.2 Å². The second-order valence-corrected chi connectivity index (χ2v) is 11.5. The summed E-state index contributed by atoms with van der Waals surface area (Å²) < 4.78 is 64.5. The van der Waals surface area contributed by atoms with Gasteiger partial charge in [0.25, 0.3) is 0 Å². The van der Waals surface area contributed by atoms with E-state index in [0.717, 1.165) is 22.3 Å². The van der Waals surface area contributed by atoms with Gasteiger partial charge in [-0.15, -0.1) is 24.9 Å². The second kappa shape index (κ2) is 10.8. The maximum absolute atomic E-state index is 12.5. The number of ether oxygens (including phenoxy) is 1. The maximum Gasteiger partial charge on any atom is 0.573 e. The molecular formula is C25H24F3NO5S2. The van der Waals surface area contributed by atoms with E-state index in [1.54, 1.807) is 24.3 Å². The number of amides is 1. The van der Waals surface area contributed by atoms with Crippen molar-refractivity contribution in [2.75, 3.05) is 11.6 Å². The van der Waals surface area contributed by atoms with E-state index in [-0.39, 0.29) is 34.0 Å². The molecule has 0 aromatic heterocycles. The molecule has 11 heteroatoms. The number of thioether (sulfide) groups is 1. The van der Waals surface area contributed by atoms with Crippen molar-refractivity contribution >= 4 is 33.2 Å². The summed E-state index contributed by atoms with van der Waals surface area (Å²) in [4.78, 5) is 13.2. The molecule has 0 saturated carbocycles. The number of halogens is 3. The lowest BCUT2D eigenvalue weighted by molar-refractivity contribution is -0.274. The number of hydrogen-bond acceptors (Lipinski definition) is 6. The topological polar surface area (TPSA) is 92.7 Å². The molecule has 0 aliphatic carbocycles. The lowest BCUT2D eigenvalue weighted by Crippen LogP contribution is -2.17. The number of hydrogen-bond donors (Lipinski definition) is 2. The van der Waals surface area contributed by atoms with E-state index in [0.29, 0.717) is 11.3 Å². The SMILES string of the molecule is Cc1cc(NC(=O)Cc2ccc(O)c(S(C)(=O)=O)c2)ccc1SC(C)c1ccc(OC(F)(F)F)cc1. The van der Waals surface area contributed by atoms with Gasteiger partial charge in [0.1, 0.15) is 16.4 Å². The number of anilines is 1. The summed E-state index contributed by atoms with van der Waals surface area (Å²) in [6, 6.07) is 15.1. The highest BCUT2D eigenvalue weighted by Crippen LogP contribution is 2.38. The van der Waals surface area contributed by atoms with E-state index in [9.17, 15) is 31.5 Å². The monoisotopic (exact) mass is 539 g/mol. The number of benzene rings is 3. The first kappa shape index (κ1) is 27.4. The number of phenols is 1. The van der Waals surface area contributed by atoms with E-state index in [1.165, 1.54) is 42.1 Å². The minimum atomic E-state index is -4.74. The first-order valence-electron chi connectivity index (χ1n) is 10.7. The fraction of sp³-hybridized carbons (Fsp3) is 0.240. The third kappa shape index (κ3) is 7.66. The summed E-state index contributed by atoms with van der Waals surface area (Å²) in [5.41, 5.74) is 2.72. The molecule has 1 amide bonds. The van der Waals surface area contributed by atoms with E-state index in [1.807, 2.05) is 19.9 Å². The fourth-order valence-electron chi connectivity index (χ4n) is 3.41. The Morgan fingerprint density at radius 2 is 1.75 bits per heavy atom. The van der Waals surface area contributed by atoms with Crippen molar-refractivity contribution in [1.29, 1.82) is 0 Å². The average Bonchev–Trinajstić information content (AvgIpc) is 2.75. The third-order valence-electron chi connectivity index (χ3n) is 5.13. The van der Waals surface area contributed by atoms with Crippen molar-refractivity contribution in [1.82, 2.24) is 0 Å². The van der Waals surface area contributed by atoms with Gasteiger partial charge in [0.05, 0.1) is 6.42 Å². The van der Waals surface area contributed by atoms with E-state index in [2.05, 4.69) is 10.1 Å². The van der Waals surface area contributed by atoms with Gasteiger partial charge < -0.3 is 15.2 Å². The fourth-order valence-corrected chi connectivity index (χ4v) is 5.29. The molecule has 0 radical (unpaired) electrons. The number of aromatic hydroxyl groups is 1. The van der Waals surface area contributed by atoms with Gasteiger partial charge in [-0.1, -0.05) is 18.2 Å². The van der Waals surface area contributed by atoms with Crippen LogP contribution < -0.4 is 10.1 Å². The number of aryl methyl sites for hydroxylation is 1. The zero-order chi connectivity index (χ0) is 26.7. The van der Waals surface area contributed by atoms with Gasteiger partial charge in [-0.25, -0.2) is 8.42 Å². The Morgan fingerprint density at radius 3 is 2.33 bits per heavy atom. The van der Waals surface area contributed by atoms with Gasteiger partial charge in [-0.3, -0.25) is 4.79 Å². The van der Waals surface area contributed by atoms with Crippen LogP contribution in [0.5, 0.6) is 11.5 Å². The summed E-state index contributed by atoms with van der Waals surface area (Å²) in [5.74, 6) is -1.00. The molecule has 1 unspecified atom stereocenters. The molecule has 0 aliphatic rings. The van der Waals surface area contributed by atoms with Gasteiger partial charge in [0.15, 0.2) is 9.84 Å². The molecule has 2 N–H and O–H groups in total. The maximum atomic E-state index is 12.5. The van der Waals surface area contributed by atoms with Crippen LogP contribution >= 0.6 is 11.8 Å². The quantitative estimate of drug-likeness (QED) is 0.339. The highest BCUT2D eigenvalue weighted by molar-refractivity contribution is 7.99. The van der Waals surface area contributed by atoms with Crippen LogP contribution in [0.15, 0.2) is 70.5 Å². The molecule has 6 nitrogen and oxygen atoms in total. The van der Waals surface area contributed by atoms with Crippen molar-refractivity contribution in [3.8, 4) is 11.5 Å². The molecule has 1 atom stereocenters. The number of phenolic OH excluding ortho intramolecular Hbond substituents is 1. The average molecular weight is 540 g/mol. The number of nitrogens with one attached hydrogen (secondary N) is 1. The van der Waals surface area contributed by atoms with Crippen LogP contribution in [0.1, 0.15) is 28.9 Å². The Morgan fingerprint density at radius 1 is 1.08 bits per heavy atom. The summed E-state index contributed by atoms with van der Waals surface area (Å²) in [5, 5.41) is 12.5. The molecule has 192 valence electrons. The number of carbonyl (C=O) groups is 1. The molecule has 3 rings (SSSR count). The molecule has 3 aromatic rings. The van der Waals surface area contributed by atoms with Crippen molar-refractivity contribution in [2.45, 2.75) is 41.7 Å². The minimum absolute atomic E-state index is 0.0531.